The first-order valence-electron chi connectivity index (χ1n) is 6.20. The molecule has 2 rings (SSSR count). The van der Waals surface area contributed by atoms with Gasteiger partial charge in [-0.25, -0.2) is 0 Å². The maximum atomic E-state index is 9.06. The van der Waals surface area contributed by atoms with E-state index in [1.807, 2.05) is 24.3 Å². The van der Waals surface area contributed by atoms with E-state index in [1.54, 1.807) is 0 Å². The lowest BCUT2D eigenvalue weighted by Gasteiger charge is -2.31. The molecule has 1 saturated heterocycles. The van der Waals surface area contributed by atoms with E-state index < -0.39 is 0 Å². The summed E-state index contributed by atoms with van der Waals surface area (Å²) in [6.07, 6.45) is 2.49. The van der Waals surface area contributed by atoms with Crippen LogP contribution in [-0.2, 0) is 6.54 Å². The fourth-order valence-corrected chi connectivity index (χ4v) is 2.37. The van der Waals surface area contributed by atoms with Gasteiger partial charge in [0.2, 0.25) is 0 Å². The molecule has 1 aliphatic heterocycles. The molecule has 3 heteroatoms. The minimum atomic E-state index is 0.593. The topological polar surface area (TPSA) is 39.1 Å². The number of nitrogens with one attached hydrogen (secondary N) is 1. The summed E-state index contributed by atoms with van der Waals surface area (Å²) in [4.78, 5) is 2.35. The van der Waals surface area contributed by atoms with Crippen LogP contribution in [0.25, 0.3) is 0 Å². The summed E-state index contributed by atoms with van der Waals surface area (Å²) in [5, 5.41) is 12.5. The minimum Gasteiger partial charge on any atom is -0.315 e. The molecule has 0 saturated carbocycles. The summed E-state index contributed by atoms with van der Waals surface area (Å²) in [6, 6.07) is 10.7. The first-order chi connectivity index (χ1) is 8.31. The Morgan fingerprint density at radius 2 is 2.29 bits per heavy atom. The second-order valence-corrected chi connectivity index (χ2v) is 4.68. The Labute approximate surface area is 103 Å². The van der Waals surface area contributed by atoms with Crippen molar-refractivity contribution >= 4 is 0 Å². The maximum Gasteiger partial charge on any atom is 0.0995 e. The van der Waals surface area contributed by atoms with Crippen LogP contribution in [0, 0.1) is 11.3 Å². The molecular weight excluding hydrogens is 210 g/mol. The van der Waals surface area contributed by atoms with Crippen LogP contribution in [0.4, 0.5) is 0 Å². The van der Waals surface area contributed by atoms with Crippen LogP contribution in [-0.4, -0.2) is 31.1 Å². The number of nitriles is 1. The third-order valence-corrected chi connectivity index (χ3v) is 3.45. The standard InChI is InChI=1S/C14H19N3/c1-17(14-7-4-8-16-10-14)11-13-6-3-2-5-12(13)9-15/h2-3,5-6,14,16H,4,7-8,10-11H2,1H3/t14-/m1/s1. The van der Waals surface area contributed by atoms with Gasteiger partial charge >= 0.3 is 0 Å². The molecule has 1 atom stereocenters. The van der Waals surface area contributed by atoms with Crippen LogP contribution in [0.15, 0.2) is 24.3 Å². The highest BCUT2D eigenvalue weighted by atomic mass is 15.2. The van der Waals surface area contributed by atoms with Gasteiger partial charge in [-0.15, -0.1) is 0 Å². The van der Waals surface area contributed by atoms with Gasteiger partial charge in [0.25, 0.3) is 0 Å². The van der Waals surface area contributed by atoms with Crippen molar-refractivity contribution in [3.63, 3.8) is 0 Å². The molecule has 1 aromatic carbocycles. The van der Waals surface area contributed by atoms with Gasteiger partial charge in [0, 0.05) is 19.1 Å². The molecule has 1 N–H and O–H groups in total. The molecule has 0 radical (unpaired) electrons. The van der Waals surface area contributed by atoms with Crippen molar-refractivity contribution < 1.29 is 0 Å². The van der Waals surface area contributed by atoms with Crippen LogP contribution in [0.1, 0.15) is 24.0 Å². The van der Waals surface area contributed by atoms with Gasteiger partial charge in [0.05, 0.1) is 11.6 Å². The molecule has 0 amide bonds. The Kier molecular flexibility index (Phi) is 4.13. The minimum absolute atomic E-state index is 0.593. The Hall–Kier alpha value is -1.37. The highest BCUT2D eigenvalue weighted by Gasteiger charge is 2.18. The molecule has 3 nitrogen and oxygen atoms in total. The van der Waals surface area contributed by atoms with Gasteiger partial charge in [-0.1, -0.05) is 18.2 Å². The lowest BCUT2D eigenvalue weighted by Crippen LogP contribution is -2.43. The van der Waals surface area contributed by atoms with Crippen LogP contribution < -0.4 is 5.32 Å². The van der Waals surface area contributed by atoms with Crippen molar-refractivity contribution in [1.82, 2.24) is 10.2 Å². The van der Waals surface area contributed by atoms with Crippen LogP contribution in [0.2, 0.25) is 0 Å². The largest absolute Gasteiger partial charge is 0.315 e. The number of piperidine rings is 1. The summed E-state index contributed by atoms with van der Waals surface area (Å²) in [7, 11) is 2.14. The molecule has 17 heavy (non-hydrogen) atoms. The quantitative estimate of drug-likeness (QED) is 0.858. The van der Waals surface area contributed by atoms with E-state index in [9.17, 15) is 0 Å². The average molecular weight is 229 g/mol. The predicted molar refractivity (Wildman–Crippen MR) is 68.5 cm³/mol. The number of hydrogen-bond acceptors (Lipinski definition) is 3. The van der Waals surface area contributed by atoms with E-state index in [0.29, 0.717) is 6.04 Å². The molecule has 0 bridgehead atoms. The zero-order valence-corrected chi connectivity index (χ0v) is 10.3. The van der Waals surface area contributed by atoms with E-state index in [2.05, 4.69) is 23.3 Å². The summed E-state index contributed by atoms with van der Waals surface area (Å²) >= 11 is 0. The second kappa shape index (κ2) is 5.81. The van der Waals surface area contributed by atoms with Gasteiger partial charge < -0.3 is 5.32 Å². The second-order valence-electron chi connectivity index (χ2n) is 4.68. The number of nitrogens with zero attached hydrogens (tertiary/aromatic N) is 2. The number of rotatable bonds is 3. The zero-order valence-electron chi connectivity index (χ0n) is 10.3. The first kappa shape index (κ1) is 12.1. The molecule has 1 aromatic rings. The van der Waals surface area contributed by atoms with E-state index in [-0.39, 0.29) is 0 Å². The van der Waals surface area contributed by atoms with Gasteiger partial charge in [0.15, 0.2) is 0 Å². The summed E-state index contributed by atoms with van der Waals surface area (Å²) in [5.74, 6) is 0. The SMILES string of the molecule is CN(Cc1ccccc1C#N)[C@@H]1CCCNC1. The number of likely N-dealkylation sites (N-methyl/N-ethyl adjacent to an activating group) is 1. The van der Waals surface area contributed by atoms with E-state index >= 15 is 0 Å². The third kappa shape index (κ3) is 3.06. The molecule has 0 aliphatic carbocycles. The summed E-state index contributed by atoms with van der Waals surface area (Å²) in [5.41, 5.74) is 1.92. The lowest BCUT2D eigenvalue weighted by atomic mass is 10.0. The average Bonchev–Trinajstić information content (AvgIpc) is 2.40. The Morgan fingerprint density at radius 3 is 3.00 bits per heavy atom. The molecule has 90 valence electrons. The molecule has 0 unspecified atom stereocenters. The highest BCUT2D eigenvalue weighted by molar-refractivity contribution is 5.37. The van der Waals surface area contributed by atoms with Gasteiger partial charge in [-0.05, 0) is 38.1 Å². The van der Waals surface area contributed by atoms with Crippen LogP contribution in [0.3, 0.4) is 0 Å². The highest BCUT2D eigenvalue weighted by Crippen LogP contribution is 2.14. The Bertz CT molecular complexity index is 402. The molecule has 1 aliphatic rings. The van der Waals surface area contributed by atoms with E-state index in [1.165, 1.54) is 12.8 Å². The van der Waals surface area contributed by atoms with Crippen molar-refractivity contribution in [2.24, 2.45) is 0 Å². The molecule has 1 fully saturated rings. The number of benzene rings is 1. The monoisotopic (exact) mass is 229 g/mol. The maximum absolute atomic E-state index is 9.06. The van der Waals surface area contributed by atoms with E-state index in [4.69, 9.17) is 5.26 Å². The Morgan fingerprint density at radius 1 is 1.47 bits per heavy atom. The van der Waals surface area contributed by atoms with E-state index in [0.717, 1.165) is 30.8 Å². The van der Waals surface area contributed by atoms with Crippen molar-refractivity contribution in [1.29, 1.82) is 5.26 Å². The lowest BCUT2D eigenvalue weighted by molar-refractivity contribution is 0.196. The summed E-state index contributed by atoms with van der Waals surface area (Å²) < 4.78 is 0. The zero-order chi connectivity index (χ0) is 12.1. The van der Waals surface area contributed by atoms with Crippen LogP contribution >= 0.6 is 0 Å². The fraction of sp³-hybridized carbons (Fsp3) is 0.500. The molecule has 0 spiro atoms. The smallest absolute Gasteiger partial charge is 0.0995 e. The van der Waals surface area contributed by atoms with Gasteiger partial charge in [-0.2, -0.15) is 5.26 Å². The summed E-state index contributed by atoms with van der Waals surface area (Å²) in [6.45, 7) is 3.06. The normalized spacial score (nSPS) is 20.2. The Balaban J connectivity index is 2.02. The van der Waals surface area contributed by atoms with Crippen molar-refractivity contribution in [2.45, 2.75) is 25.4 Å². The van der Waals surface area contributed by atoms with Crippen molar-refractivity contribution in [2.75, 3.05) is 20.1 Å². The fourth-order valence-electron chi connectivity index (χ4n) is 2.37. The predicted octanol–water partition coefficient (Wildman–Crippen LogP) is 1.74. The molecular formula is C14H19N3. The number of hydrogen-bond donors (Lipinski definition) is 1. The molecule has 1 heterocycles. The third-order valence-electron chi connectivity index (χ3n) is 3.45. The van der Waals surface area contributed by atoms with Gasteiger partial charge in [0.1, 0.15) is 0 Å². The van der Waals surface area contributed by atoms with Crippen molar-refractivity contribution in [3.05, 3.63) is 35.4 Å². The first-order valence-corrected chi connectivity index (χ1v) is 6.20. The van der Waals surface area contributed by atoms with Crippen LogP contribution in [0.5, 0.6) is 0 Å². The van der Waals surface area contributed by atoms with Gasteiger partial charge in [-0.3, -0.25) is 4.90 Å². The van der Waals surface area contributed by atoms with Crippen molar-refractivity contribution in [3.8, 4) is 6.07 Å². The molecule has 0 aromatic heterocycles.